The van der Waals surface area contributed by atoms with E-state index >= 15 is 0 Å². The van der Waals surface area contributed by atoms with Crippen LogP contribution in [0.15, 0.2) is 15.9 Å². The van der Waals surface area contributed by atoms with Crippen molar-refractivity contribution >= 4 is 27.3 Å². The normalized spacial score (nSPS) is 14.6. The quantitative estimate of drug-likeness (QED) is 0.914. The van der Waals surface area contributed by atoms with Crippen LogP contribution in [0.3, 0.4) is 0 Å². The van der Waals surface area contributed by atoms with Crippen molar-refractivity contribution in [1.29, 1.82) is 0 Å². The molecule has 2 rings (SSSR count). The smallest absolute Gasteiger partial charge is 0.102 e. The maximum Gasteiger partial charge on any atom is 0.102 e. The Morgan fingerprint density at radius 1 is 1.42 bits per heavy atom. The largest absolute Gasteiger partial charge is 0.326 e. The van der Waals surface area contributed by atoms with Crippen molar-refractivity contribution < 1.29 is 0 Å². The summed E-state index contributed by atoms with van der Waals surface area (Å²) in [6.45, 7) is 8.37. The fourth-order valence-electron chi connectivity index (χ4n) is 2.31. The van der Waals surface area contributed by atoms with Gasteiger partial charge in [-0.05, 0) is 60.1 Å². The summed E-state index contributed by atoms with van der Waals surface area (Å²) >= 11 is 5.36. The van der Waals surface area contributed by atoms with E-state index in [1.807, 2.05) is 6.92 Å². The molecule has 0 spiro atoms. The van der Waals surface area contributed by atoms with Crippen LogP contribution in [0.5, 0.6) is 0 Å². The third kappa shape index (κ3) is 2.64. The highest BCUT2D eigenvalue weighted by Crippen LogP contribution is 2.33. The number of hydrogen-bond acceptors (Lipinski definition) is 3. The molecule has 0 bridgehead atoms. The number of halogens is 1. The van der Waals surface area contributed by atoms with Gasteiger partial charge in [0.25, 0.3) is 0 Å². The van der Waals surface area contributed by atoms with E-state index in [1.54, 1.807) is 11.3 Å². The highest BCUT2D eigenvalue weighted by molar-refractivity contribution is 9.10. The van der Waals surface area contributed by atoms with E-state index < -0.39 is 0 Å². The lowest BCUT2D eigenvalue weighted by molar-refractivity contribution is 0.419. The summed E-state index contributed by atoms with van der Waals surface area (Å²) in [6.07, 6.45) is 0.929. The van der Waals surface area contributed by atoms with Gasteiger partial charge in [-0.3, -0.25) is 4.68 Å². The molecular weight excluding hydrogens is 322 g/mol. The molecule has 0 radical (unpaired) electrons. The van der Waals surface area contributed by atoms with E-state index in [4.69, 9.17) is 5.73 Å². The van der Waals surface area contributed by atoms with Gasteiger partial charge < -0.3 is 5.73 Å². The summed E-state index contributed by atoms with van der Waals surface area (Å²) in [5, 5.41) is 6.80. The first kappa shape index (κ1) is 14.8. The lowest BCUT2D eigenvalue weighted by Crippen LogP contribution is -2.33. The van der Waals surface area contributed by atoms with Gasteiger partial charge in [0.05, 0.1) is 15.9 Å². The van der Waals surface area contributed by atoms with E-state index in [-0.39, 0.29) is 12.1 Å². The Labute approximate surface area is 126 Å². The van der Waals surface area contributed by atoms with Gasteiger partial charge in [0.2, 0.25) is 0 Å². The SMILES string of the molecule is CCC(N)C(c1sccc1C)n1nc(C)c(Br)c1C. The van der Waals surface area contributed by atoms with Gasteiger partial charge in [0.15, 0.2) is 0 Å². The van der Waals surface area contributed by atoms with Gasteiger partial charge >= 0.3 is 0 Å². The molecule has 2 heterocycles. The second kappa shape index (κ2) is 5.77. The summed E-state index contributed by atoms with van der Waals surface area (Å²) in [4.78, 5) is 1.31. The van der Waals surface area contributed by atoms with E-state index in [0.29, 0.717) is 0 Å². The molecule has 5 heteroatoms. The topological polar surface area (TPSA) is 43.8 Å². The third-order valence-corrected chi connectivity index (χ3v) is 5.78. The van der Waals surface area contributed by atoms with Crippen molar-refractivity contribution in [2.24, 2.45) is 5.73 Å². The van der Waals surface area contributed by atoms with Crippen molar-refractivity contribution in [3.05, 3.63) is 37.7 Å². The number of rotatable bonds is 4. The zero-order valence-corrected chi connectivity index (χ0v) is 14.2. The molecular formula is C14H20BrN3S. The summed E-state index contributed by atoms with van der Waals surface area (Å²) in [7, 11) is 0. The molecule has 0 aromatic carbocycles. The summed E-state index contributed by atoms with van der Waals surface area (Å²) in [5.41, 5.74) is 9.81. The molecule has 2 aromatic heterocycles. The van der Waals surface area contributed by atoms with E-state index in [2.05, 4.69) is 57.9 Å². The molecule has 2 N–H and O–H groups in total. The lowest BCUT2D eigenvalue weighted by atomic mass is 10.0. The minimum atomic E-state index is 0.0715. The highest BCUT2D eigenvalue weighted by atomic mass is 79.9. The van der Waals surface area contributed by atoms with Crippen LogP contribution in [0.25, 0.3) is 0 Å². The highest BCUT2D eigenvalue weighted by Gasteiger charge is 2.26. The first-order valence-corrected chi connectivity index (χ1v) is 8.15. The molecule has 3 nitrogen and oxygen atoms in total. The van der Waals surface area contributed by atoms with Crippen molar-refractivity contribution in [3.8, 4) is 0 Å². The van der Waals surface area contributed by atoms with E-state index in [0.717, 1.165) is 22.3 Å². The average molecular weight is 342 g/mol. The van der Waals surface area contributed by atoms with Crippen molar-refractivity contribution in [1.82, 2.24) is 9.78 Å². The number of thiophene rings is 1. The Morgan fingerprint density at radius 2 is 2.11 bits per heavy atom. The van der Waals surface area contributed by atoms with Gasteiger partial charge in [0.1, 0.15) is 6.04 Å². The Morgan fingerprint density at radius 3 is 2.53 bits per heavy atom. The second-order valence-corrected chi connectivity index (χ2v) is 6.65. The maximum absolute atomic E-state index is 6.37. The van der Waals surface area contributed by atoms with Gasteiger partial charge in [-0.2, -0.15) is 5.10 Å². The molecule has 19 heavy (non-hydrogen) atoms. The predicted octanol–water partition coefficient (Wildman–Crippen LogP) is 3.96. The predicted molar refractivity (Wildman–Crippen MR) is 84.9 cm³/mol. The Balaban J connectivity index is 2.56. The van der Waals surface area contributed by atoms with Crippen LogP contribution in [0.4, 0.5) is 0 Å². The maximum atomic E-state index is 6.37. The van der Waals surface area contributed by atoms with Crippen LogP contribution < -0.4 is 5.73 Å². The second-order valence-electron chi connectivity index (χ2n) is 4.91. The van der Waals surface area contributed by atoms with Crippen molar-refractivity contribution in [2.45, 2.75) is 46.2 Å². The summed E-state index contributed by atoms with van der Waals surface area (Å²) in [5.74, 6) is 0. The Bertz CT molecular complexity index is 573. The third-order valence-electron chi connectivity index (χ3n) is 3.55. The number of aromatic nitrogens is 2. The van der Waals surface area contributed by atoms with Gasteiger partial charge in [-0.1, -0.05) is 6.92 Å². The van der Waals surface area contributed by atoms with Crippen molar-refractivity contribution in [2.75, 3.05) is 0 Å². The summed E-state index contributed by atoms with van der Waals surface area (Å²) in [6, 6.07) is 2.34. The van der Waals surface area contributed by atoms with Crippen molar-refractivity contribution in [3.63, 3.8) is 0 Å². The number of hydrogen-bond donors (Lipinski definition) is 1. The molecule has 0 aliphatic carbocycles. The number of nitrogens with two attached hydrogens (primary N) is 1. The standard InChI is InChI=1S/C14H20BrN3S/c1-5-11(16)13(14-8(2)6-7-19-14)18-10(4)12(15)9(3)17-18/h6-7,11,13H,5,16H2,1-4H3. The number of aryl methyl sites for hydroxylation is 2. The fourth-order valence-corrected chi connectivity index (χ4v) is 3.66. The van der Waals surface area contributed by atoms with E-state index in [1.165, 1.54) is 10.4 Å². The fraction of sp³-hybridized carbons (Fsp3) is 0.500. The van der Waals surface area contributed by atoms with E-state index in [9.17, 15) is 0 Å². The van der Waals surface area contributed by atoms with Gasteiger partial charge in [0, 0.05) is 10.9 Å². The molecule has 0 aliphatic rings. The molecule has 2 unspecified atom stereocenters. The molecule has 104 valence electrons. The van der Waals surface area contributed by atoms with Crippen LogP contribution in [0.2, 0.25) is 0 Å². The first-order chi connectivity index (χ1) is 8.97. The Kier molecular flexibility index (Phi) is 4.48. The van der Waals surface area contributed by atoms with Crippen LogP contribution in [-0.4, -0.2) is 15.8 Å². The zero-order chi connectivity index (χ0) is 14.2. The molecule has 2 atom stereocenters. The molecule has 0 fully saturated rings. The van der Waals surface area contributed by atoms with Crippen LogP contribution in [-0.2, 0) is 0 Å². The van der Waals surface area contributed by atoms with Crippen LogP contribution >= 0.6 is 27.3 Å². The molecule has 2 aromatic rings. The average Bonchev–Trinajstić information content (AvgIpc) is 2.91. The number of nitrogens with zero attached hydrogens (tertiary/aromatic N) is 2. The molecule has 0 saturated heterocycles. The molecule has 0 amide bonds. The molecule has 0 saturated carbocycles. The molecule has 0 aliphatic heterocycles. The monoisotopic (exact) mass is 341 g/mol. The minimum Gasteiger partial charge on any atom is -0.326 e. The first-order valence-electron chi connectivity index (χ1n) is 6.48. The lowest BCUT2D eigenvalue weighted by Gasteiger charge is -2.24. The van der Waals surface area contributed by atoms with Gasteiger partial charge in [-0.15, -0.1) is 11.3 Å². The Hall–Kier alpha value is -0.650. The zero-order valence-electron chi connectivity index (χ0n) is 11.8. The minimum absolute atomic E-state index is 0.0715. The van der Waals surface area contributed by atoms with Gasteiger partial charge in [-0.25, -0.2) is 0 Å². The summed E-state index contributed by atoms with van der Waals surface area (Å²) < 4.78 is 3.15. The van der Waals surface area contributed by atoms with Crippen LogP contribution in [0.1, 0.15) is 41.2 Å². The van der Waals surface area contributed by atoms with Crippen LogP contribution in [0, 0.1) is 20.8 Å².